The average molecular weight is 266 g/mol. The van der Waals surface area contributed by atoms with Gasteiger partial charge in [0.25, 0.3) is 0 Å². The van der Waals surface area contributed by atoms with Crippen molar-refractivity contribution in [3.8, 4) is 0 Å². The van der Waals surface area contributed by atoms with Crippen LogP contribution in [0.3, 0.4) is 0 Å². The van der Waals surface area contributed by atoms with E-state index < -0.39 is 0 Å². The molecule has 0 radical (unpaired) electrons. The van der Waals surface area contributed by atoms with Crippen molar-refractivity contribution in [1.29, 1.82) is 0 Å². The van der Waals surface area contributed by atoms with Crippen molar-refractivity contribution < 1.29 is 0 Å². The van der Waals surface area contributed by atoms with Gasteiger partial charge in [0.05, 0.1) is 0 Å². The van der Waals surface area contributed by atoms with Crippen LogP contribution in [-0.4, -0.2) is 35.6 Å². The van der Waals surface area contributed by atoms with Gasteiger partial charge in [0.2, 0.25) is 0 Å². The number of unbranched alkanes of at least 4 members (excludes halogenated alkanes) is 3. The van der Waals surface area contributed by atoms with Crippen LogP contribution >= 0.6 is 0 Å². The molecule has 1 saturated heterocycles. The Kier molecular flexibility index (Phi) is 5.30. The highest BCUT2D eigenvalue weighted by Crippen LogP contribution is 2.39. The third-order valence-corrected chi connectivity index (χ3v) is 5.65. The highest BCUT2D eigenvalue weighted by molar-refractivity contribution is 5.05. The van der Waals surface area contributed by atoms with Gasteiger partial charge in [0.1, 0.15) is 0 Å². The summed E-state index contributed by atoms with van der Waals surface area (Å²) in [5, 5.41) is 3.87. The van der Waals surface area contributed by atoms with Crippen molar-refractivity contribution >= 4 is 0 Å². The summed E-state index contributed by atoms with van der Waals surface area (Å²) < 4.78 is 0. The average Bonchev–Trinajstić information content (AvgIpc) is 2.89. The highest BCUT2D eigenvalue weighted by Gasteiger charge is 2.45. The molecular formula is C17H34N2. The van der Waals surface area contributed by atoms with E-state index in [0.717, 1.165) is 0 Å². The molecule has 0 aromatic rings. The second-order valence-electron chi connectivity index (χ2n) is 7.18. The van der Waals surface area contributed by atoms with Crippen molar-refractivity contribution in [3.05, 3.63) is 0 Å². The number of hydrogen-bond donors (Lipinski definition) is 1. The molecule has 0 bridgehead atoms. The van der Waals surface area contributed by atoms with E-state index >= 15 is 0 Å². The summed E-state index contributed by atoms with van der Waals surface area (Å²) in [6.07, 6.45) is 12.5. The quantitative estimate of drug-likeness (QED) is 0.732. The third kappa shape index (κ3) is 3.52. The number of nitrogens with zero attached hydrogens (tertiary/aromatic N) is 1. The lowest BCUT2D eigenvalue weighted by Gasteiger charge is -2.52. The normalized spacial score (nSPS) is 31.1. The Balaban J connectivity index is 1.95. The van der Waals surface area contributed by atoms with Crippen molar-refractivity contribution in [1.82, 2.24) is 10.2 Å². The molecule has 1 N–H and O–H groups in total. The smallest absolute Gasteiger partial charge is 0.0334 e. The van der Waals surface area contributed by atoms with Gasteiger partial charge >= 0.3 is 0 Å². The van der Waals surface area contributed by atoms with E-state index in [-0.39, 0.29) is 0 Å². The Hall–Kier alpha value is -0.0800. The zero-order valence-electron chi connectivity index (χ0n) is 13.4. The lowest BCUT2D eigenvalue weighted by atomic mass is 9.84. The Bertz CT molecular complexity index is 270. The molecule has 2 fully saturated rings. The summed E-state index contributed by atoms with van der Waals surface area (Å²) in [6.45, 7) is 10.9. The van der Waals surface area contributed by atoms with Gasteiger partial charge in [0, 0.05) is 24.2 Å². The first-order chi connectivity index (χ1) is 9.14. The van der Waals surface area contributed by atoms with Crippen LogP contribution in [-0.2, 0) is 0 Å². The molecule has 2 nitrogen and oxygen atoms in total. The molecule has 0 aromatic heterocycles. The molecule has 1 aliphatic carbocycles. The van der Waals surface area contributed by atoms with Crippen LogP contribution in [0.5, 0.6) is 0 Å². The largest absolute Gasteiger partial charge is 0.308 e. The van der Waals surface area contributed by atoms with E-state index in [1.807, 2.05) is 0 Å². The maximum Gasteiger partial charge on any atom is 0.0334 e. The predicted molar refractivity (Wildman–Crippen MR) is 83.6 cm³/mol. The van der Waals surface area contributed by atoms with Crippen LogP contribution in [0.2, 0.25) is 0 Å². The first kappa shape index (κ1) is 15.3. The van der Waals surface area contributed by atoms with Crippen molar-refractivity contribution in [2.45, 2.75) is 89.6 Å². The molecule has 1 atom stereocenters. The van der Waals surface area contributed by atoms with Gasteiger partial charge in [-0.2, -0.15) is 0 Å². The van der Waals surface area contributed by atoms with E-state index in [1.165, 1.54) is 77.4 Å². The molecule has 19 heavy (non-hydrogen) atoms. The molecule has 1 unspecified atom stereocenters. The van der Waals surface area contributed by atoms with Crippen LogP contribution in [0.15, 0.2) is 0 Å². The second-order valence-corrected chi connectivity index (χ2v) is 7.18. The Morgan fingerprint density at radius 3 is 2.42 bits per heavy atom. The highest BCUT2D eigenvalue weighted by atomic mass is 15.3. The van der Waals surface area contributed by atoms with Crippen molar-refractivity contribution in [2.75, 3.05) is 19.6 Å². The third-order valence-electron chi connectivity index (χ3n) is 5.65. The number of hydrogen-bond acceptors (Lipinski definition) is 2. The van der Waals surface area contributed by atoms with Gasteiger partial charge in [-0.25, -0.2) is 0 Å². The van der Waals surface area contributed by atoms with Crippen LogP contribution < -0.4 is 5.32 Å². The summed E-state index contributed by atoms with van der Waals surface area (Å²) in [7, 11) is 0. The van der Waals surface area contributed by atoms with Gasteiger partial charge in [-0.15, -0.1) is 0 Å². The molecule has 2 rings (SSSR count). The summed E-state index contributed by atoms with van der Waals surface area (Å²) in [6, 6.07) is 0. The van der Waals surface area contributed by atoms with Crippen LogP contribution in [0, 0.1) is 0 Å². The van der Waals surface area contributed by atoms with E-state index in [4.69, 9.17) is 0 Å². The van der Waals surface area contributed by atoms with Gasteiger partial charge in [-0.1, -0.05) is 46.0 Å². The minimum absolute atomic E-state index is 0.346. The van der Waals surface area contributed by atoms with Gasteiger partial charge < -0.3 is 5.32 Å². The zero-order valence-corrected chi connectivity index (χ0v) is 13.4. The summed E-state index contributed by atoms with van der Waals surface area (Å²) >= 11 is 0. The standard InChI is InChI=1S/C17H34N2/c1-4-6-7-10-13-19-15-16(3,5-2)18-14-17(19)11-8-9-12-17/h18H,4-15H2,1-3H3. The molecule has 1 saturated carbocycles. The fourth-order valence-corrected chi connectivity index (χ4v) is 3.94. The number of rotatable bonds is 6. The number of piperazine rings is 1. The Labute approximate surface area is 120 Å². The summed E-state index contributed by atoms with van der Waals surface area (Å²) in [5.41, 5.74) is 0.861. The summed E-state index contributed by atoms with van der Waals surface area (Å²) in [5.74, 6) is 0. The molecule has 0 amide bonds. The molecule has 112 valence electrons. The minimum atomic E-state index is 0.346. The molecule has 1 spiro atoms. The Morgan fingerprint density at radius 2 is 1.79 bits per heavy atom. The fourth-order valence-electron chi connectivity index (χ4n) is 3.94. The van der Waals surface area contributed by atoms with Crippen LogP contribution in [0.25, 0.3) is 0 Å². The SMILES string of the molecule is CCCCCCN1CC(C)(CC)NCC12CCCC2. The zero-order chi connectivity index (χ0) is 13.8. The number of nitrogens with one attached hydrogen (secondary N) is 1. The maximum absolute atomic E-state index is 3.87. The van der Waals surface area contributed by atoms with Gasteiger partial charge in [-0.3, -0.25) is 4.90 Å². The molecular weight excluding hydrogens is 232 g/mol. The molecule has 1 heterocycles. The maximum atomic E-state index is 3.87. The van der Waals surface area contributed by atoms with E-state index in [1.54, 1.807) is 0 Å². The van der Waals surface area contributed by atoms with Crippen molar-refractivity contribution in [2.24, 2.45) is 0 Å². The van der Waals surface area contributed by atoms with E-state index in [2.05, 4.69) is 31.0 Å². The Morgan fingerprint density at radius 1 is 1.05 bits per heavy atom. The summed E-state index contributed by atoms with van der Waals surface area (Å²) in [4.78, 5) is 2.87. The first-order valence-electron chi connectivity index (χ1n) is 8.64. The van der Waals surface area contributed by atoms with E-state index in [9.17, 15) is 0 Å². The molecule has 2 aliphatic rings. The predicted octanol–water partition coefficient (Wildman–Crippen LogP) is 3.95. The topological polar surface area (TPSA) is 15.3 Å². The monoisotopic (exact) mass is 266 g/mol. The molecule has 2 heteroatoms. The van der Waals surface area contributed by atoms with Crippen LogP contribution in [0.4, 0.5) is 0 Å². The van der Waals surface area contributed by atoms with Gasteiger partial charge in [0.15, 0.2) is 0 Å². The van der Waals surface area contributed by atoms with Crippen molar-refractivity contribution in [3.63, 3.8) is 0 Å². The second kappa shape index (κ2) is 6.58. The van der Waals surface area contributed by atoms with Gasteiger partial charge in [-0.05, 0) is 39.2 Å². The minimum Gasteiger partial charge on any atom is -0.308 e. The van der Waals surface area contributed by atoms with E-state index in [0.29, 0.717) is 11.1 Å². The lowest BCUT2D eigenvalue weighted by molar-refractivity contribution is 0.0107. The molecule has 0 aromatic carbocycles. The van der Waals surface area contributed by atoms with Crippen LogP contribution in [0.1, 0.15) is 78.6 Å². The lowest BCUT2D eigenvalue weighted by Crippen LogP contribution is -2.68. The first-order valence-corrected chi connectivity index (χ1v) is 8.64. The molecule has 1 aliphatic heterocycles. The fraction of sp³-hybridized carbons (Fsp3) is 1.00.